The van der Waals surface area contributed by atoms with Crippen molar-refractivity contribution in [3.05, 3.63) is 23.3 Å². The average Bonchev–Trinajstić information content (AvgIpc) is 2.35. The summed E-state index contributed by atoms with van der Waals surface area (Å²) >= 11 is 0. The largest absolute Gasteiger partial charge is 0.534 e. The Morgan fingerprint density at radius 2 is 1.68 bits per heavy atom. The SMILES string of the molecule is C[Si](C)(C)c1c(OS(=O)(=O)C(F)(F)F)ccc2c1CCCC2. The summed E-state index contributed by atoms with van der Waals surface area (Å²) in [7, 11) is -7.71. The van der Waals surface area contributed by atoms with Gasteiger partial charge in [0.2, 0.25) is 0 Å². The van der Waals surface area contributed by atoms with Crippen LogP contribution in [0.4, 0.5) is 13.2 Å². The molecule has 0 N–H and O–H groups in total. The molecule has 0 atom stereocenters. The van der Waals surface area contributed by atoms with Gasteiger partial charge in [-0.15, -0.1) is 0 Å². The summed E-state index contributed by atoms with van der Waals surface area (Å²) in [6.07, 6.45) is 3.64. The van der Waals surface area contributed by atoms with Crippen LogP contribution in [-0.4, -0.2) is 22.0 Å². The van der Waals surface area contributed by atoms with Crippen molar-refractivity contribution in [1.29, 1.82) is 0 Å². The first-order valence-electron chi connectivity index (χ1n) is 7.09. The molecule has 8 heteroatoms. The van der Waals surface area contributed by atoms with Gasteiger partial charge >= 0.3 is 15.6 Å². The lowest BCUT2D eigenvalue weighted by Crippen LogP contribution is -2.43. The minimum Gasteiger partial charge on any atom is -0.376 e. The van der Waals surface area contributed by atoms with Crippen molar-refractivity contribution in [2.45, 2.75) is 50.8 Å². The van der Waals surface area contributed by atoms with E-state index in [2.05, 4.69) is 4.18 Å². The van der Waals surface area contributed by atoms with Gasteiger partial charge in [-0.2, -0.15) is 21.6 Å². The standard InChI is InChI=1S/C14H19F3O3SSi/c1-22(2,3)13-11-7-5-4-6-10(11)8-9-12(13)20-21(18,19)14(15,16)17/h8-9H,4-7H2,1-3H3. The maximum Gasteiger partial charge on any atom is 0.534 e. The van der Waals surface area contributed by atoms with Crippen LogP contribution >= 0.6 is 0 Å². The number of halogens is 3. The fourth-order valence-electron chi connectivity index (χ4n) is 2.86. The molecular weight excluding hydrogens is 333 g/mol. The predicted molar refractivity (Wildman–Crippen MR) is 81.7 cm³/mol. The highest BCUT2D eigenvalue weighted by Gasteiger charge is 2.49. The van der Waals surface area contributed by atoms with Crippen molar-refractivity contribution in [3.63, 3.8) is 0 Å². The third-order valence-electron chi connectivity index (χ3n) is 3.73. The third kappa shape index (κ3) is 3.32. The first kappa shape index (κ1) is 17.3. The van der Waals surface area contributed by atoms with Crippen LogP contribution in [0, 0.1) is 0 Å². The Morgan fingerprint density at radius 1 is 1.09 bits per heavy atom. The summed E-state index contributed by atoms with van der Waals surface area (Å²) in [6, 6.07) is 3.07. The normalized spacial score (nSPS) is 16.3. The second-order valence-electron chi connectivity index (χ2n) is 6.52. The van der Waals surface area contributed by atoms with E-state index in [-0.39, 0.29) is 5.75 Å². The molecule has 1 aromatic rings. The van der Waals surface area contributed by atoms with E-state index in [1.165, 1.54) is 6.07 Å². The molecule has 0 saturated carbocycles. The number of fused-ring (bicyclic) bond motifs is 1. The number of alkyl halides is 3. The Bertz CT molecular complexity index is 676. The molecule has 3 nitrogen and oxygen atoms in total. The van der Waals surface area contributed by atoms with Gasteiger partial charge in [0.15, 0.2) is 0 Å². The van der Waals surface area contributed by atoms with Crippen molar-refractivity contribution in [2.75, 3.05) is 0 Å². The Labute approximate surface area is 129 Å². The summed E-state index contributed by atoms with van der Waals surface area (Å²) in [6.45, 7) is 5.93. The molecule has 1 aromatic carbocycles. The van der Waals surface area contributed by atoms with Crippen molar-refractivity contribution in [3.8, 4) is 5.75 Å². The highest BCUT2D eigenvalue weighted by atomic mass is 32.2. The molecule has 0 spiro atoms. The van der Waals surface area contributed by atoms with Crippen molar-refractivity contribution < 1.29 is 25.8 Å². The highest BCUT2D eigenvalue weighted by molar-refractivity contribution is 7.88. The lowest BCUT2D eigenvalue weighted by atomic mass is 9.91. The fraction of sp³-hybridized carbons (Fsp3) is 0.571. The van der Waals surface area contributed by atoms with Crippen LogP contribution in [0.15, 0.2) is 12.1 Å². The van der Waals surface area contributed by atoms with Crippen molar-refractivity contribution in [1.82, 2.24) is 0 Å². The number of aryl methyl sites for hydroxylation is 1. The number of benzene rings is 1. The molecule has 0 heterocycles. The van der Waals surface area contributed by atoms with Crippen LogP contribution in [0.25, 0.3) is 0 Å². The van der Waals surface area contributed by atoms with Crippen LogP contribution in [0.2, 0.25) is 19.6 Å². The van der Waals surface area contributed by atoms with E-state index < -0.39 is 23.7 Å². The minimum atomic E-state index is -5.64. The molecule has 1 aliphatic carbocycles. The molecule has 124 valence electrons. The van der Waals surface area contributed by atoms with Crippen molar-refractivity contribution in [2.24, 2.45) is 0 Å². The predicted octanol–water partition coefficient (Wildman–Crippen LogP) is 3.34. The topological polar surface area (TPSA) is 43.4 Å². The fourth-order valence-corrected chi connectivity index (χ4v) is 5.47. The lowest BCUT2D eigenvalue weighted by molar-refractivity contribution is -0.0499. The molecule has 0 saturated heterocycles. The van der Waals surface area contributed by atoms with Crippen LogP contribution in [0.3, 0.4) is 0 Å². The molecule has 22 heavy (non-hydrogen) atoms. The maximum atomic E-state index is 12.6. The summed E-state index contributed by atoms with van der Waals surface area (Å²) in [4.78, 5) is 0. The molecule has 0 aliphatic heterocycles. The zero-order valence-corrected chi connectivity index (χ0v) is 14.6. The molecular formula is C14H19F3O3SSi. The second kappa shape index (κ2) is 5.56. The monoisotopic (exact) mass is 352 g/mol. The van der Waals surface area contributed by atoms with Crippen LogP contribution in [0.1, 0.15) is 24.0 Å². The van der Waals surface area contributed by atoms with Gasteiger partial charge in [-0.05, 0) is 48.1 Å². The first-order valence-corrected chi connectivity index (χ1v) is 12.0. The van der Waals surface area contributed by atoms with Gasteiger partial charge in [0.25, 0.3) is 0 Å². The molecule has 0 fully saturated rings. The Balaban J connectivity index is 2.58. The molecule has 0 aromatic heterocycles. The maximum absolute atomic E-state index is 12.6. The minimum absolute atomic E-state index is 0.155. The molecule has 1 aliphatic rings. The van der Waals surface area contributed by atoms with Gasteiger partial charge in [0.1, 0.15) is 5.75 Å². The summed E-state index contributed by atoms with van der Waals surface area (Å²) in [5.41, 5.74) is -3.33. The zero-order chi connectivity index (χ0) is 16.8. The summed E-state index contributed by atoms with van der Waals surface area (Å²) < 4.78 is 64.9. The van der Waals surface area contributed by atoms with Gasteiger partial charge < -0.3 is 4.18 Å². The van der Waals surface area contributed by atoms with Crippen LogP contribution < -0.4 is 9.37 Å². The molecule has 2 rings (SSSR count). The summed E-state index contributed by atoms with van der Waals surface area (Å²) in [5.74, 6) is -0.155. The molecule has 0 unspecified atom stereocenters. The van der Waals surface area contributed by atoms with E-state index >= 15 is 0 Å². The van der Waals surface area contributed by atoms with E-state index in [0.29, 0.717) is 5.19 Å². The van der Waals surface area contributed by atoms with E-state index in [1.54, 1.807) is 6.07 Å². The number of hydrogen-bond donors (Lipinski definition) is 0. The Kier molecular flexibility index (Phi) is 4.38. The van der Waals surface area contributed by atoms with Gasteiger partial charge in [0.05, 0.1) is 8.07 Å². The van der Waals surface area contributed by atoms with E-state index in [9.17, 15) is 21.6 Å². The Hall–Kier alpha value is -1.02. The van der Waals surface area contributed by atoms with E-state index in [0.717, 1.165) is 36.8 Å². The third-order valence-corrected chi connectivity index (χ3v) is 6.74. The summed E-state index contributed by atoms with van der Waals surface area (Å²) in [5, 5.41) is 0.692. The second-order valence-corrected chi connectivity index (χ2v) is 13.1. The molecule has 0 amide bonds. The smallest absolute Gasteiger partial charge is 0.376 e. The first-order chi connectivity index (χ1) is 9.93. The van der Waals surface area contributed by atoms with Crippen LogP contribution in [0.5, 0.6) is 5.75 Å². The van der Waals surface area contributed by atoms with Gasteiger partial charge in [-0.3, -0.25) is 0 Å². The van der Waals surface area contributed by atoms with E-state index in [1.807, 2.05) is 19.6 Å². The quantitative estimate of drug-likeness (QED) is 0.476. The average molecular weight is 352 g/mol. The van der Waals surface area contributed by atoms with Gasteiger partial charge in [-0.1, -0.05) is 25.7 Å². The highest BCUT2D eigenvalue weighted by Crippen LogP contribution is 2.31. The molecule has 0 bridgehead atoms. The van der Waals surface area contributed by atoms with Gasteiger partial charge in [0, 0.05) is 0 Å². The lowest BCUT2D eigenvalue weighted by Gasteiger charge is -2.28. The van der Waals surface area contributed by atoms with Gasteiger partial charge in [-0.25, -0.2) is 0 Å². The number of hydrogen-bond acceptors (Lipinski definition) is 3. The number of rotatable bonds is 3. The Morgan fingerprint density at radius 3 is 2.23 bits per heavy atom. The van der Waals surface area contributed by atoms with Crippen molar-refractivity contribution >= 4 is 23.4 Å². The zero-order valence-electron chi connectivity index (χ0n) is 12.8. The molecule has 0 radical (unpaired) electrons. The van der Waals surface area contributed by atoms with Crippen LogP contribution in [-0.2, 0) is 23.0 Å². The van der Waals surface area contributed by atoms with E-state index in [4.69, 9.17) is 0 Å².